The van der Waals surface area contributed by atoms with Crippen LogP contribution >= 0.6 is 0 Å². The molecule has 3 rings (SSSR count). The van der Waals surface area contributed by atoms with Crippen LogP contribution < -0.4 is 5.32 Å². The highest BCUT2D eigenvalue weighted by Gasteiger charge is 2.21. The summed E-state index contributed by atoms with van der Waals surface area (Å²) in [5.74, 6) is -1.49. The van der Waals surface area contributed by atoms with Crippen LogP contribution in [0.15, 0.2) is 54.7 Å². The molecule has 7 heteroatoms. The minimum Gasteiger partial charge on any atom is -0.465 e. The monoisotopic (exact) mass is 408 g/mol. The average molecular weight is 408 g/mol. The minimum absolute atomic E-state index is 0.139. The van der Waals surface area contributed by atoms with E-state index in [9.17, 15) is 14.4 Å². The van der Waals surface area contributed by atoms with Gasteiger partial charge < -0.3 is 19.4 Å². The maximum absolute atomic E-state index is 12.4. The van der Waals surface area contributed by atoms with Gasteiger partial charge in [-0.3, -0.25) is 9.59 Å². The molecule has 7 nitrogen and oxygen atoms in total. The molecular weight excluding hydrogens is 384 g/mol. The van der Waals surface area contributed by atoms with Crippen LogP contribution in [0.25, 0.3) is 10.9 Å². The zero-order valence-electron chi connectivity index (χ0n) is 17.2. The fraction of sp³-hybridized carbons (Fsp3) is 0.261. The summed E-state index contributed by atoms with van der Waals surface area (Å²) in [5, 5.41) is 3.41. The number of hydrogen-bond donors (Lipinski definition) is 1. The van der Waals surface area contributed by atoms with Gasteiger partial charge in [-0.05, 0) is 37.1 Å². The summed E-state index contributed by atoms with van der Waals surface area (Å²) < 4.78 is 11.7. The Morgan fingerprint density at radius 1 is 1.07 bits per heavy atom. The van der Waals surface area contributed by atoms with Crippen molar-refractivity contribution in [3.8, 4) is 0 Å². The first-order chi connectivity index (χ1) is 14.4. The van der Waals surface area contributed by atoms with Crippen molar-refractivity contribution in [2.45, 2.75) is 32.9 Å². The quantitative estimate of drug-likeness (QED) is 0.604. The number of anilines is 1. The maximum Gasteiger partial charge on any atom is 0.340 e. The lowest BCUT2D eigenvalue weighted by molar-refractivity contribution is -0.153. The Balaban J connectivity index is 1.66. The van der Waals surface area contributed by atoms with Crippen molar-refractivity contribution in [2.75, 3.05) is 12.4 Å². The number of amides is 1. The minimum atomic E-state index is -0.967. The lowest BCUT2D eigenvalue weighted by atomic mass is 10.1. The van der Waals surface area contributed by atoms with Crippen molar-refractivity contribution in [1.82, 2.24) is 4.57 Å². The number of esters is 2. The zero-order valence-corrected chi connectivity index (χ0v) is 17.2. The molecule has 0 spiro atoms. The number of methoxy groups -OCH3 is 1. The van der Waals surface area contributed by atoms with Crippen LogP contribution in [-0.4, -0.2) is 35.6 Å². The molecule has 1 aromatic heterocycles. The Labute approximate surface area is 174 Å². The number of rotatable bonds is 7. The number of nitrogens with zero attached hydrogens (tertiary/aromatic N) is 1. The van der Waals surface area contributed by atoms with Gasteiger partial charge in [0, 0.05) is 22.8 Å². The number of para-hydroxylation sites is 1. The van der Waals surface area contributed by atoms with Gasteiger partial charge in [-0.1, -0.05) is 37.3 Å². The van der Waals surface area contributed by atoms with E-state index in [1.807, 2.05) is 30.3 Å². The van der Waals surface area contributed by atoms with E-state index < -0.39 is 23.9 Å². The summed E-state index contributed by atoms with van der Waals surface area (Å²) in [6.07, 6.45) is 1.50. The van der Waals surface area contributed by atoms with Crippen molar-refractivity contribution < 1.29 is 23.9 Å². The highest BCUT2D eigenvalue weighted by atomic mass is 16.5. The summed E-state index contributed by atoms with van der Waals surface area (Å²) in [7, 11) is 1.30. The third kappa shape index (κ3) is 4.68. The highest BCUT2D eigenvalue weighted by Crippen LogP contribution is 2.22. The number of fused-ring (bicyclic) bond motifs is 1. The van der Waals surface area contributed by atoms with Crippen LogP contribution in [-0.2, 0) is 32.0 Å². The standard InChI is InChI=1S/C23H24N2O5/c1-4-16-9-11-17(12-10-16)24-22(27)15(2)30-21(26)14-25-13-19(23(28)29-3)18-7-5-6-8-20(18)25/h5-13,15H,4,14H2,1-3H3,(H,24,27)/t15-/m0/s1. The largest absolute Gasteiger partial charge is 0.465 e. The van der Waals surface area contributed by atoms with Crippen molar-refractivity contribution >= 4 is 34.4 Å². The van der Waals surface area contributed by atoms with Crippen LogP contribution in [0, 0.1) is 0 Å². The Hall–Kier alpha value is -3.61. The molecule has 3 aromatic rings. The fourth-order valence-electron chi connectivity index (χ4n) is 3.14. The third-order valence-electron chi connectivity index (χ3n) is 4.80. The first-order valence-electron chi connectivity index (χ1n) is 9.68. The molecule has 0 aliphatic heterocycles. The molecule has 1 N–H and O–H groups in total. The topological polar surface area (TPSA) is 86.6 Å². The number of ether oxygens (including phenoxy) is 2. The van der Waals surface area contributed by atoms with Crippen LogP contribution in [0.1, 0.15) is 29.8 Å². The first-order valence-corrected chi connectivity index (χ1v) is 9.68. The summed E-state index contributed by atoms with van der Waals surface area (Å²) >= 11 is 0. The van der Waals surface area contributed by atoms with E-state index in [1.54, 1.807) is 29.0 Å². The molecule has 0 fully saturated rings. The number of carbonyl (C=O) groups excluding carboxylic acids is 3. The van der Waals surface area contributed by atoms with Crippen LogP contribution in [0.2, 0.25) is 0 Å². The number of aryl methyl sites for hydroxylation is 1. The van der Waals surface area contributed by atoms with Crippen LogP contribution in [0.3, 0.4) is 0 Å². The predicted molar refractivity (Wildman–Crippen MR) is 113 cm³/mol. The van der Waals surface area contributed by atoms with Gasteiger partial charge in [-0.15, -0.1) is 0 Å². The lowest BCUT2D eigenvalue weighted by Gasteiger charge is -2.14. The number of aromatic nitrogens is 1. The van der Waals surface area contributed by atoms with E-state index in [-0.39, 0.29) is 6.54 Å². The van der Waals surface area contributed by atoms with E-state index in [0.717, 1.165) is 12.0 Å². The number of hydrogen-bond acceptors (Lipinski definition) is 5. The third-order valence-corrected chi connectivity index (χ3v) is 4.80. The van der Waals surface area contributed by atoms with E-state index >= 15 is 0 Å². The number of benzene rings is 2. The Morgan fingerprint density at radius 2 is 1.77 bits per heavy atom. The van der Waals surface area contributed by atoms with Crippen molar-refractivity contribution in [2.24, 2.45) is 0 Å². The Bertz CT molecular complexity index is 1070. The van der Waals surface area contributed by atoms with Gasteiger partial charge in [0.05, 0.1) is 12.7 Å². The van der Waals surface area contributed by atoms with Crippen molar-refractivity contribution in [1.29, 1.82) is 0 Å². The SMILES string of the molecule is CCc1ccc(NC(=O)[C@H](C)OC(=O)Cn2cc(C(=O)OC)c3ccccc32)cc1. The van der Waals surface area contributed by atoms with Gasteiger partial charge in [-0.2, -0.15) is 0 Å². The molecule has 0 saturated heterocycles. The first kappa shape index (κ1) is 21.1. The molecule has 0 saturated carbocycles. The molecule has 30 heavy (non-hydrogen) atoms. The maximum atomic E-state index is 12.4. The van der Waals surface area contributed by atoms with Gasteiger partial charge in [0.15, 0.2) is 6.10 Å². The van der Waals surface area contributed by atoms with E-state index in [2.05, 4.69) is 12.2 Å². The van der Waals surface area contributed by atoms with Gasteiger partial charge in [-0.25, -0.2) is 4.79 Å². The molecule has 0 unspecified atom stereocenters. The molecule has 2 aromatic carbocycles. The van der Waals surface area contributed by atoms with Gasteiger partial charge in [0.25, 0.3) is 5.91 Å². The summed E-state index contributed by atoms with van der Waals surface area (Å²) in [6, 6.07) is 14.7. The molecule has 1 amide bonds. The van der Waals surface area contributed by atoms with Gasteiger partial charge >= 0.3 is 11.9 Å². The van der Waals surface area contributed by atoms with Crippen LogP contribution in [0.5, 0.6) is 0 Å². The van der Waals surface area contributed by atoms with Gasteiger partial charge in [0.1, 0.15) is 6.54 Å². The van der Waals surface area contributed by atoms with Crippen molar-refractivity contribution in [3.05, 3.63) is 65.9 Å². The molecule has 0 aliphatic rings. The zero-order chi connectivity index (χ0) is 21.7. The molecule has 0 aliphatic carbocycles. The fourth-order valence-corrected chi connectivity index (χ4v) is 3.14. The second-order valence-electron chi connectivity index (χ2n) is 6.85. The molecule has 0 radical (unpaired) electrons. The Kier molecular flexibility index (Phi) is 6.51. The Morgan fingerprint density at radius 3 is 2.43 bits per heavy atom. The molecule has 1 heterocycles. The summed E-state index contributed by atoms with van der Waals surface area (Å²) in [5.41, 5.74) is 2.86. The van der Waals surface area contributed by atoms with E-state index in [1.165, 1.54) is 14.0 Å². The second-order valence-corrected chi connectivity index (χ2v) is 6.85. The van der Waals surface area contributed by atoms with E-state index in [4.69, 9.17) is 9.47 Å². The lowest BCUT2D eigenvalue weighted by Crippen LogP contribution is -2.31. The number of nitrogens with one attached hydrogen (secondary N) is 1. The van der Waals surface area contributed by atoms with E-state index in [0.29, 0.717) is 22.2 Å². The highest BCUT2D eigenvalue weighted by molar-refractivity contribution is 6.04. The average Bonchev–Trinajstić information content (AvgIpc) is 3.12. The second kappa shape index (κ2) is 9.26. The smallest absolute Gasteiger partial charge is 0.340 e. The van der Waals surface area contributed by atoms with Gasteiger partial charge in [0.2, 0.25) is 0 Å². The molecular formula is C23H24N2O5. The van der Waals surface area contributed by atoms with Crippen LogP contribution in [0.4, 0.5) is 5.69 Å². The predicted octanol–water partition coefficient (Wildman–Crippen LogP) is 3.56. The normalized spacial score (nSPS) is 11.7. The molecule has 1 atom stereocenters. The molecule has 0 bridgehead atoms. The summed E-state index contributed by atoms with van der Waals surface area (Å²) in [4.78, 5) is 36.8. The summed E-state index contributed by atoms with van der Waals surface area (Å²) in [6.45, 7) is 3.43. The number of carbonyl (C=O) groups is 3. The molecule has 156 valence electrons. The van der Waals surface area contributed by atoms with Crippen molar-refractivity contribution in [3.63, 3.8) is 0 Å².